The number of para-hydroxylation sites is 1. The summed E-state index contributed by atoms with van der Waals surface area (Å²) in [7, 11) is 0. The van der Waals surface area contributed by atoms with Gasteiger partial charge < -0.3 is 10.6 Å². The van der Waals surface area contributed by atoms with Gasteiger partial charge in [0.15, 0.2) is 17.0 Å². The highest BCUT2D eigenvalue weighted by atomic mass is 16.1. The Morgan fingerprint density at radius 2 is 1.96 bits per heavy atom. The zero-order valence-electron chi connectivity index (χ0n) is 14.3. The van der Waals surface area contributed by atoms with E-state index in [1.165, 1.54) is 6.33 Å². The SMILES string of the molecule is CCCNC(=O)CCCNc1ncnc2c1ncn2-c1ccccc1. The molecule has 2 N–H and O–H groups in total. The third-order valence-corrected chi connectivity index (χ3v) is 3.81. The Morgan fingerprint density at radius 1 is 1.12 bits per heavy atom. The van der Waals surface area contributed by atoms with E-state index >= 15 is 0 Å². The van der Waals surface area contributed by atoms with Gasteiger partial charge >= 0.3 is 0 Å². The van der Waals surface area contributed by atoms with Crippen LogP contribution in [-0.4, -0.2) is 38.5 Å². The molecule has 25 heavy (non-hydrogen) atoms. The molecule has 3 aromatic rings. The summed E-state index contributed by atoms with van der Waals surface area (Å²) in [6.07, 6.45) is 5.46. The quantitative estimate of drug-likeness (QED) is 0.617. The Morgan fingerprint density at radius 3 is 2.76 bits per heavy atom. The summed E-state index contributed by atoms with van der Waals surface area (Å²) in [4.78, 5) is 24.7. The molecule has 0 radical (unpaired) electrons. The van der Waals surface area contributed by atoms with Gasteiger partial charge in [-0.15, -0.1) is 0 Å². The minimum atomic E-state index is 0.0878. The smallest absolute Gasteiger partial charge is 0.220 e. The zero-order chi connectivity index (χ0) is 17.5. The monoisotopic (exact) mass is 338 g/mol. The van der Waals surface area contributed by atoms with E-state index in [9.17, 15) is 4.79 Å². The van der Waals surface area contributed by atoms with Gasteiger partial charge in [-0.1, -0.05) is 25.1 Å². The number of imidazole rings is 1. The molecule has 7 nitrogen and oxygen atoms in total. The van der Waals surface area contributed by atoms with Crippen LogP contribution in [0.25, 0.3) is 16.9 Å². The third kappa shape index (κ3) is 4.12. The van der Waals surface area contributed by atoms with Crippen LogP contribution in [0, 0.1) is 0 Å². The number of rotatable bonds is 8. The van der Waals surface area contributed by atoms with Crippen molar-refractivity contribution in [3.8, 4) is 5.69 Å². The van der Waals surface area contributed by atoms with E-state index in [-0.39, 0.29) is 5.91 Å². The maximum Gasteiger partial charge on any atom is 0.220 e. The molecule has 130 valence electrons. The van der Waals surface area contributed by atoms with Gasteiger partial charge in [0.2, 0.25) is 5.91 Å². The second kappa shape index (κ2) is 8.23. The highest BCUT2D eigenvalue weighted by Crippen LogP contribution is 2.20. The number of hydrogen-bond acceptors (Lipinski definition) is 5. The summed E-state index contributed by atoms with van der Waals surface area (Å²) in [6, 6.07) is 9.94. The van der Waals surface area contributed by atoms with Gasteiger partial charge in [-0.05, 0) is 25.0 Å². The van der Waals surface area contributed by atoms with Gasteiger partial charge in [0.25, 0.3) is 0 Å². The molecule has 2 aromatic heterocycles. The summed E-state index contributed by atoms with van der Waals surface area (Å²) < 4.78 is 1.93. The number of aromatic nitrogens is 4. The molecule has 0 aliphatic heterocycles. The average Bonchev–Trinajstić information content (AvgIpc) is 3.09. The number of nitrogens with one attached hydrogen (secondary N) is 2. The molecule has 0 fully saturated rings. The summed E-state index contributed by atoms with van der Waals surface area (Å²) in [5.74, 6) is 0.776. The number of carbonyl (C=O) groups excluding carboxylic acids is 1. The van der Waals surface area contributed by atoms with E-state index in [0.29, 0.717) is 18.8 Å². The highest BCUT2D eigenvalue weighted by Gasteiger charge is 2.11. The van der Waals surface area contributed by atoms with Gasteiger partial charge in [0.1, 0.15) is 12.7 Å². The maximum absolute atomic E-state index is 11.6. The van der Waals surface area contributed by atoms with Crippen LogP contribution < -0.4 is 10.6 Å². The second-order valence-electron chi connectivity index (χ2n) is 5.72. The molecule has 7 heteroatoms. The van der Waals surface area contributed by atoms with Crippen LogP contribution in [0.4, 0.5) is 5.82 Å². The van der Waals surface area contributed by atoms with Crippen LogP contribution in [0.5, 0.6) is 0 Å². The van der Waals surface area contributed by atoms with E-state index in [0.717, 1.165) is 36.2 Å². The first-order valence-corrected chi connectivity index (χ1v) is 8.53. The van der Waals surface area contributed by atoms with Crippen molar-refractivity contribution >= 4 is 22.9 Å². The Labute approximate surface area is 146 Å². The van der Waals surface area contributed by atoms with Gasteiger partial charge in [0.05, 0.1) is 0 Å². The number of carbonyl (C=O) groups is 1. The third-order valence-electron chi connectivity index (χ3n) is 3.81. The molecule has 0 unspecified atom stereocenters. The normalized spacial score (nSPS) is 10.8. The van der Waals surface area contributed by atoms with E-state index in [2.05, 4.69) is 25.6 Å². The fourth-order valence-electron chi connectivity index (χ4n) is 2.55. The number of nitrogens with zero attached hydrogens (tertiary/aromatic N) is 4. The van der Waals surface area contributed by atoms with Crippen LogP contribution in [0.1, 0.15) is 26.2 Å². The topological polar surface area (TPSA) is 84.7 Å². The molecule has 1 aromatic carbocycles. The molecular weight excluding hydrogens is 316 g/mol. The molecular formula is C18H22N6O. The number of benzene rings is 1. The van der Waals surface area contributed by atoms with Gasteiger partial charge in [-0.2, -0.15) is 0 Å². The Kier molecular flexibility index (Phi) is 5.56. The van der Waals surface area contributed by atoms with Crippen molar-refractivity contribution in [2.45, 2.75) is 26.2 Å². The maximum atomic E-state index is 11.6. The highest BCUT2D eigenvalue weighted by molar-refractivity contribution is 5.83. The molecule has 0 aliphatic carbocycles. The zero-order valence-corrected chi connectivity index (χ0v) is 14.3. The van der Waals surface area contributed by atoms with E-state index in [1.807, 2.05) is 41.8 Å². The van der Waals surface area contributed by atoms with Crippen molar-refractivity contribution in [3.05, 3.63) is 43.0 Å². The van der Waals surface area contributed by atoms with E-state index < -0.39 is 0 Å². The lowest BCUT2D eigenvalue weighted by molar-refractivity contribution is -0.121. The van der Waals surface area contributed by atoms with Crippen LogP contribution in [0.2, 0.25) is 0 Å². The largest absolute Gasteiger partial charge is 0.368 e. The fourth-order valence-corrected chi connectivity index (χ4v) is 2.55. The lowest BCUT2D eigenvalue weighted by Crippen LogP contribution is -2.24. The number of amides is 1. The molecule has 0 spiro atoms. The van der Waals surface area contributed by atoms with Crippen molar-refractivity contribution in [2.75, 3.05) is 18.4 Å². The predicted octanol–water partition coefficient (Wildman–Crippen LogP) is 2.53. The van der Waals surface area contributed by atoms with Crippen LogP contribution in [0.15, 0.2) is 43.0 Å². The molecule has 0 bridgehead atoms. The van der Waals surface area contributed by atoms with Crippen molar-refractivity contribution < 1.29 is 4.79 Å². The molecule has 2 heterocycles. The summed E-state index contributed by atoms with van der Waals surface area (Å²) in [5.41, 5.74) is 2.48. The minimum absolute atomic E-state index is 0.0878. The minimum Gasteiger partial charge on any atom is -0.368 e. The first-order chi connectivity index (χ1) is 12.3. The van der Waals surface area contributed by atoms with Crippen LogP contribution >= 0.6 is 0 Å². The van der Waals surface area contributed by atoms with E-state index in [1.54, 1.807) is 6.33 Å². The molecule has 0 atom stereocenters. The molecule has 1 amide bonds. The van der Waals surface area contributed by atoms with Crippen molar-refractivity contribution in [1.82, 2.24) is 24.8 Å². The predicted molar refractivity (Wildman–Crippen MR) is 97.7 cm³/mol. The molecule has 3 rings (SSSR count). The summed E-state index contributed by atoms with van der Waals surface area (Å²) in [6.45, 7) is 3.43. The fraction of sp³-hybridized carbons (Fsp3) is 0.333. The number of hydrogen-bond donors (Lipinski definition) is 2. The van der Waals surface area contributed by atoms with Crippen molar-refractivity contribution in [2.24, 2.45) is 0 Å². The van der Waals surface area contributed by atoms with Crippen molar-refractivity contribution in [1.29, 1.82) is 0 Å². The lowest BCUT2D eigenvalue weighted by Gasteiger charge is -2.07. The lowest BCUT2D eigenvalue weighted by atomic mass is 10.3. The van der Waals surface area contributed by atoms with Gasteiger partial charge in [-0.3, -0.25) is 9.36 Å². The molecule has 0 aliphatic rings. The summed E-state index contributed by atoms with van der Waals surface area (Å²) in [5, 5.41) is 6.13. The first kappa shape index (κ1) is 16.9. The Balaban J connectivity index is 1.65. The van der Waals surface area contributed by atoms with Crippen LogP contribution in [-0.2, 0) is 4.79 Å². The van der Waals surface area contributed by atoms with Crippen molar-refractivity contribution in [3.63, 3.8) is 0 Å². The Bertz CT molecular complexity index is 830. The summed E-state index contributed by atoms with van der Waals surface area (Å²) >= 11 is 0. The van der Waals surface area contributed by atoms with Gasteiger partial charge in [-0.25, -0.2) is 15.0 Å². The van der Waals surface area contributed by atoms with E-state index in [4.69, 9.17) is 0 Å². The number of anilines is 1. The standard InChI is InChI=1S/C18H22N6O/c1-2-10-19-15(25)9-6-11-20-17-16-18(22-12-21-17)24(13-23-16)14-7-4-3-5-8-14/h3-5,7-8,12-13H,2,6,9-11H2,1H3,(H,19,25)(H,20,21,22). The number of fused-ring (bicyclic) bond motifs is 1. The van der Waals surface area contributed by atoms with Gasteiger partial charge in [0, 0.05) is 25.2 Å². The molecule has 0 saturated heterocycles. The molecule has 0 saturated carbocycles. The van der Waals surface area contributed by atoms with Crippen LogP contribution in [0.3, 0.4) is 0 Å². The second-order valence-corrected chi connectivity index (χ2v) is 5.72. The average molecular weight is 338 g/mol. The first-order valence-electron chi connectivity index (χ1n) is 8.53. The Hall–Kier alpha value is -2.96.